The van der Waals surface area contributed by atoms with Gasteiger partial charge in [0, 0.05) is 42.9 Å². The van der Waals surface area contributed by atoms with E-state index < -0.39 is 0 Å². The molecular formula is C18H21N3. The molecule has 0 amide bonds. The van der Waals surface area contributed by atoms with E-state index in [9.17, 15) is 0 Å². The van der Waals surface area contributed by atoms with Crippen LogP contribution in [0.15, 0.2) is 54.9 Å². The molecule has 108 valence electrons. The highest BCUT2D eigenvalue weighted by molar-refractivity contribution is 5.83. The molecule has 0 aliphatic carbocycles. The molecule has 0 bridgehead atoms. The van der Waals surface area contributed by atoms with Gasteiger partial charge in [0.15, 0.2) is 0 Å². The van der Waals surface area contributed by atoms with E-state index in [0.717, 1.165) is 31.7 Å². The average molecular weight is 279 g/mol. The first-order valence-electron chi connectivity index (χ1n) is 7.56. The Bertz CT molecular complexity index is 701. The Hall–Kier alpha value is -2.13. The summed E-state index contributed by atoms with van der Waals surface area (Å²) in [5, 5.41) is 4.84. The summed E-state index contributed by atoms with van der Waals surface area (Å²) >= 11 is 0. The highest BCUT2D eigenvalue weighted by atomic mass is 15.0. The Labute approximate surface area is 125 Å². The minimum absolute atomic E-state index is 0.800. The predicted octanol–water partition coefficient (Wildman–Crippen LogP) is 3.74. The van der Waals surface area contributed by atoms with Gasteiger partial charge in [-0.25, -0.2) is 0 Å². The van der Waals surface area contributed by atoms with Crippen molar-refractivity contribution in [3.63, 3.8) is 0 Å². The summed E-state index contributed by atoms with van der Waals surface area (Å²) in [5.41, 5.74) is 3.76. The molecular weight excluding hydrogens is 258 g/mol. The minimum Gasteiger partial charge on any atom is -0.347 e. The molecule has 0 atom stereocenters. The monoisotopic (exact) mass is 279 g/mol. The number of pyridine rings is 1. The van der Waals surface area contributed by atoms with Crippen molar-refractivity contribution in [1.82, 2.24) is 14.9 Å². The van der Waals surface area contributed by atoms with E-state index in [1.54, 1.807) is 0 Å². The van der Waals surface area contributed by atoms with Crippen LogP contribution in [0.4, 0.5) is 0 Å². The Morgan fingerprint density at radius 2 is 1.90 bits per heavy atom. The zero-order valence-corrected chi connectivity index (χ0v) is 12.4. The van der Waals surface area contributed by atoms with Crippen molar-refractivity contribution < 1.29 is 0 Å². The molecule has 0 saturated heterocycles. The number of aromatic nitrogens is 2. The zero-order valence-electron chi connectivity index (χ0n) is 12.4. The maximum Gasteiger partial charge on any atom is 0.0541 e. The molecule has 1 N–H and O–H groups in total. The molecule has 0 saturated carbocycles. The highest BCUT2D eigenvalue weighted by Gasteiger charge is 2.07. The molecule has 0 aliphatic rings. The van der Waals surface area contributed by atoms with Crippen LogP contribution >= 0.6 is 0 Å². The lowest BCUT2D eigenvalue weighted by Crippen LogP contribution is -2.13. The maximum absolute atomic E-state index is 4.34. The van der Waals surface area contributed by atoms with Crippen molar-refractivity contribution >= 4 is 10.9 Å². The predicted molar refractivity (Wildman–Crippen MR) is 87.0 cm³/mol. The zero-order chi connectivity index (χ0) is 14.5. The van der Waals surface area contributed by atoms with Gasteiger partial charge >= 0.3 is 0 Å². The SMILES string of the molecule is CCCn1cc(CNCc2ccccn2)c2ccccc21. The van der Waals surface area contributed by atoms with Gasteiger partial charge in [-0.3, -0.25) is 4.98 Å². The van der Waals surface area contributed by atoms with Crippen molar-refractivity contribution in [3.05, 3.63) is 66.1 Å². The fraction of sp³-hybridized carbons (Fsp3) is 0.278. The third-order valence-electron chi connectivity index (χ3n) is 3.68. The summed E-state index contributed by atoms with van der Waals surface area (Å²) < 4.78 is 2.35. The summed E-state index contributed by atoms with van der Waals surface area (Å²) in [6.45, 7) is 4.95. The Morgan fingerprint density at radius 1 is 1.05 bits per heavy atom. The molecule has 0 unspecified atom stereocenters. The van der Waals surface area contributed by atoms with Gasteiger partial charge in [0.05, 0.1) is 5.69 Å². The van der Waals surface area contributed by atoms with Crippen LogP contribution in [0.25, 0.3) is 10.9 Å². The number of nitrogens with one attached hydrogen (secondary N) is 1. The third-order valence-corrected chi connectivity index (χ3v) is 3.68. The van der Waals surface area contributed by atoms with E-state index in [0.29, 0.717) is 0 Å². The molecule has 3 aromatic rings. The van der Waals surface area contributed by atoms with Crippen LogP contribution in [0.1, 0.15) is 24.6 Å². The molecule has 0 fully saturated rings. The van der Waals surface area contributed by atoms with Crippen LogP contribution in [0.3, 0.4) is 0 Å². The fourth-order valence-corrected chi connectivity index (χ4v) is 2.72. The van der Waals surface area contributed by atoms with Crippen LogP contribution in [-0.2, 0) is 19.6 Å². The lowest BCUT2D eigenvalue weighted by atomic mass is 10.2. The smallest absolute Gasteiger partial charge is 0.0541 e. The normalized spacial score (nSPS) is 11.1. The highest BCUT2D eigenvalue weighted by Crippen LogP contribution is 2.21. The van der Waals surface area contributed by atoms with Gasteiger partial charge < -0.3 is 9.88 Å². The van der Waals surface area contributed by atoms with Crippen molar-refractivity contribution in [1.29, 1.82) is 0 Å². The number of rotatable bonds is 6. The molecule has 3 rings (SSSR count). The third kappa shape index (κ3) is 3.14. The number of nitrogens with zero attached hydrogens (tertiary/aromatic N) is 2. The second-order valence-electron chi connectivity index (χ2n) is 5.29. The second kappa shape index (κ2) is 6.55. The first-order valence-corrected chi connectivity index (χ1v) is 7.56. The summed E-state index contributed by atoms with van der Waals surface area (Å²) in [4.78, 5) is 4.34. The van der Waals surface area contributed by atoms with Gasteiger partial charge in [0.1, 0.15) is 0 Å². The maximum atomic E-state index is 4.34. The van der Waals surface area contributed by atoms with Crippen molar-refractivity contribution in [2.75, 3.05) is 0 Å². The Kier molecular flexibility index (Phi) is 4.31. The van der Waals surface area contributed by atoms with E-state index in [1.807, 2.05) is 24.4 Å². The summed E-state index contributed by atoms with van der Waals surface area (Å²) in [6.07, 6.45) is 5.27. The van der Waals surface area contributed by atoms with Crippen LogP contribution in [0.2, 0.25) is 0 Å². The number of aryl methyl sites for hydroxylation is 1. The Morgan fingerprint density at radius 3 is 2.71 bits per heavy atom. The van der Waals surface area contributed by atoms with E-state index in [2.05, 4.69) is 52.3 Å². The molecule has 21 heavy (non-hydrogen) atoms. The van der Waals surface area contributed by atoms with E-state index >= 15 is 0 Å². The first kappa shape index (κ1) is 13.8. The van der Waals surface area contributed by atoms with Gasteiger partial charge in [0.25, 0.3) is 0 Å². The van der Waals surface area contributed by atoms with Crippen LogP contribution in [0, 0.1) is 0 Å². The summed E-state index contributed by atoms with van der Waals surface area (Å²) in [7, 11) is 0. The van der Waals surface area contributed by atoms with Crippen LogP contribution in [-0.4, -0.2) is 9.55 Å². The topological polar surface area (TPSA) is 29.9 Å². The van der Waals surface area contributed by atoms with Crippen LogP contribution in [0.5, 0.6) is 0 Å². The van der Waals surface area contributed by atoms with Gasteiger partial charge in [0.2, 0.25) is 0 Å². The molecule has 2 aromatic heterocycles. The van der Waals surface area contributed by atoms with E-state index in [1.165, 1.54) is 16.5 Å². The average Bonchev–Trinajstić information content (AvgIpc) is 2.87. The first-order chi connectivity index (χ1) is 10.4. The summed E-state index contributed by atoms with van der Waals surface area (Å²) in [6, 6.07) is 14.7. The number of hydrogen-bond acceptors (Lipinski definition) is 2. The second-order valence-corrected chi connectivity index (χ2v) is 5.29. The standard InChI is InChI=1S/C18H21N3/c1-2-11-21-14-15(17-8-3-4-9-18(17)21)12-19-13-16-7-5-6-10-20-16/h3-10,14,19H,2,11-13H2,1H3. The van der Waals surface area contributed by atoms with Crippen molar-refractivity contribution in [3.8, 4) is 0 Å². The van der Waals surface area contributed by atoms with Crippen LogP contribution < -0.4 is 5.32 Å². The van der Waals surface area contributed by atoms with E-state index in [-0.39, 0.29) is 0 Å². The lowest BCUT2D eigenvalue weighted by molar-refractivity contribution is 0.669. The van der Waals surface area contributed by atoms with Gasteiger partial charge in [-0.2, -0.15) is 0 Å². The summed E-state index contributed by atoms with van der Waals surface area (Å²) in [5.74, 6) is 0. The molecule has 3 heteroatoms. The lowest BCUT2D eigenvalue weighted by Gasteiger charge is -2.03. The fourth-order valence-electron chi connectivity index (χ4n) is 2.72. The number of benzene rings is 1. The molecule has 2 heterocycles. The molecule has 0 aliphatic heterocycles. The number of para-hydroxylation sites is 1. The van der Waals surface area contributed by atoms with Gasteiger partial charge in [-0.15, -0.1) is 0 Å². The largest absolute Gasteiger partial charge is 0.347 e. The Balaban J connectivity index is 1.74. The molecule has 0 radical (unpaired) electrons. The number of fused-ring (bicyclic) bond motifs is 1. The van der Waals surface area contributed by atoms with Gasteiger partial charge in [-0.05, 0) is 30.2 Å². The quantitative estimate of drug-likeness (QED) is 0.745. The van der Waals surface area contributed by atoms with Gasteiger partial charge in [-0.1, -0.05) is 31.2 Å². The number of hydrogen-bond donors (Lipinski definition) is 1. The van der Waals surface area contributed by atoms with E-state index in [4.69, 9.17) is 0 Å². The molecule has 0 spiro atoms. The minimum atomic E-state index is 0.800. The molecule has 3 nitrogen and oxygen atoms in total. The van der Waals surface area contributed by atoms with Crippen molar-refractivity contribution in [2.45, 2.75) is 33.0 Å². The van der Waals surface area contributed by atoms with Crippen molar-refractivity contribution in [2.24, 2.45) is 0 Å². The molecule has 1 aromatic carbocycles.